The molecule has 0 saturated heterocycles. The number of allylic oxidation sites excluding steroid dienone is 1. The number of fused-ring (bicyclic) bond motifs is 3. The Hall–Kier alpha value is -3.58. The van der Waals surface area contributed by atoms with Gasteiger partial charge in [0.15, 0.2) is 5.65 Å². The Morgan fingerprint density at radius 1 is 1.35 bits per heavy atom. The lowest BCUT2D eigenvalue weighted by Crippen LogP contribution is -2.25. The molecule has 1 aromatic carbocycles. The fourth-order valence-electron chi connectivity index (χ4n) is 3.70. The number of nitrogens with one attached hydrogen (secondary N) is 1. The number of nitrogens with two attached hydrogens (primary N) is 2. The van der Waals surface area contributed by atoms with Crippen molar-refractivity contribution in [2.24, 2.45) is 11.6 Å². The maximum Gasteiger partial charge on any atom is 0.573 e. The van der Waals surface area contributed by atoms with Gasteiger partial charge in [0.25, 0.3) is 5.56 Å². The fourth-order valence-corrected chi connectivity index (χ4v) is 4.79. The van der Waals surface area contributed by atoms with Gasteiger partial charge in [-0.2, -0.15) is 5.10 Å². The van der Waals surface area contributed by atoms with E-state index in [1.807, 2.05) is 18.4 Å². The maximum absolute atomic E-state index is 13.4. The van der Waals surface area contributed by atoms with E-state index in [0.717, 1.165) is 9.71 Å². The first-order chi connectivity index (χ1) is 16.1. The number of hydrogen-bond acceptors (Lipinski definition) is 8. The zero-order valence-corrected chi connectivity index (χ0v) is 19.1. The topological polar surface area (TPSA) is 126 Å². The number of rotatable bonds is 7. The second-order valence-electron chi connectivity index (χ2n) is 7.80. The van der Waals surface area contributed by atoms with E-state index >= 15 is 0 Å². The van der Waals surface area contributed by atoms with Crippen LogP contribution in [0.3, 0.4) is 0 Å². The average molecular weight is 494 g/mol. The lowest BCUT2D eigenvalue weighted by Gasteiger charge is -2.12. The molecule has 0 atom stereocenters. The molecular formula is C21H22F3N7O2S. The van der Waals surface area contributed by atoms with Gasteiger partial charge in [-0.25, -0.2) is 9.67 Å². The zero-order valence-electron chi connectivity index (χ0n) is 18.3. The summed E-state index contributed by atoms with van der Waals surface area (Å²) in [4.78, 5) is 18.1. The van der Waals surface area contributed by atoms with Crippen molar-refractivity contribution in [1.29, 1.82) is 0 Å². The minimum absolute atomic E-state index is 0.0216. The van der Waals surface area contributed by atoms with Crippen LogP contribution in [0.25, 0.3) is 21.3 Å². The van der Waals surface area contributed by atoms with Gasteiger partial charge < -0.3 is 20.5 Å². The number of nitrogens with zero attached hydrogens (tertiary/aromatic N) is 4. The molecule has 0 bridgehead atoms. The molecule has 180 valence electrons. The number of ether oxygens (including phenoxy) is 1. The van der Waals surface area contributed by atoms with Crippen LogP contribution in [0.5, 0.6) is 5.75 Å². The van der Waals surface area contributed by atoms with Crippen molar-refractivity contribution in [3.05, 3.63) is 63.3 Å². The summed E-state index contributed by atoms with van der Waals surface area (Å²) in [5.41, 5.74) is 9.84. The van der Waals surface area contributed by atoms with Gasteiger partial charge >= 0.3 is 6.36 Å². The first-order valence-corrected chi connectivity index (χ1v) is 11.0. The number of thiazole rings is 1. The van der Waals surface area contributed by atoms with Crippen LogP contribution in [0.2, 0.25) is 0 Å². The van der Waals surface area contributed by atoms with Crippen LogP contribution in [-0.2, 0) is 13.0 Å². The number of aromatic nitrogens is 4. The summed E-state index contributed by atoms with van der Waals surface area (Å²) in [5, 5.41) is 5.69. The van der Waals surface area contributed by atoms with Gasteiger partial charge in [0.1, 0.15) is 16.3 Å². The summed E-state index contributed by atoms with van der Waals surface area (Å²) >= 11 is 1.41. The monoisotopic (exact) mass is 493 g/mol. The number of hydrogen-bond donors (Lipinski definition) is 3. The first-order valence-electron chi connectivity index (χ1n) is 10.2. The SMILES string of the molecule is CC(C)n1c2nc(CC(=CN)NN)sc2c2cnn(Cc3cccc(OC(F)(F)F)c3)c(=O)c21. The normalized spacial score (nSPS) is 12.7. The Morgan fingerprint density at radius 2 is 2.12 bits per heavy atom. The lowest BCUT2D eigenvalue weighted by molar-refractivity contribution is -0.274. The van der Waals surface area contributed by atoms with Gasteiger partial charge in [-0.15, -0.1) is 24.5 Å². The molecule has 9 nitrogen and oxygen atoms in total. The summed E-state index contributed by atoms with van der Waals surface area (Å²) in [6.07, 6.45) is -1.44. The number of halogens is 3. The summed E-state index contributed by atoms with van der Waals surface area (Å²) in [5.74, 6) is 5.10. The molecule has 0 saturated carbocycles. The van der Waals surface area contributed by atoms with Crippen molar-refractivity contribution in [3.8, 4) is 5.75 Å². The Labute approximate surface area is 195 Å². The first kappa shape index (κ1) is 23.6. The van der Waals surface area contributed by atoms with Crippen LogP contribution in [0, 0.1) is 0 Å². The van der Waals surface area contributed by atoms with Crippen molar-refractivity contribution in [2.75, 3.05) is 0 Å². The molecule has 0 aliphatic carbocycles. The molecule has 34 heavy (non-hydrogen) atoms. The fraction of sp³-hybridized carbons (Fsp3) is 0.286. The van der Waals surface area contributed by atoms with Gasteiger partial charge in [-0.05, 0) is 31.5 Å². The number of alkyl halides is 3. The van der Waals surface area contributed by atoms with E-state index in [2.05, 4.69) is 15.3 Å². The van der Waals surface area contributed by atoms with Crippen LogP contribution >= 0.6 is 11.3 Å². The van der Waals surface area contributed by atoms with E-state index in [1.165, 1.54) is 40.4 Å². The highest BCUT2D eigenvalue weighted by molar-refractivity contribution is 7.19. The minimum Gasteiger partial charge on any atom is -0.406 e. The highest BCUT2D eigenvalue weighted by Crippen LogP contribution is 2.34. The molecule has 4 rings (SSSR count). The van der Waals surface area contributed by atoms with E-state index in [9.17, 15) is 18.0 Å². The molecule has 13 heteroatoms. The molecule has 4 aromatic rings. The molecule has 3 heterocycles. The molecule has 0 fully saturated rings. The van der Waals surface area contributed by atoms with E-state index in [1.54, 1.807) is 12.3 Å². The molecule has 0 aliphatic rings. The predicted molar refractivity (Wildman–Crippen MR) is 123 cm³/mol. The Balaban J connectivity index is 1.77. The van der Waals surface area contributed by atoms with E-state index in [0.29, 0.717) is 34.2 Å². The van der Waals surface area contributed by atoms with Crippen molar-refractivity contribution in [3.63, 3.8) is 0 Å². The number of hydrazine groups is 1. The third-order valence-electron chi connectivity index (χ3n) is 5.09. The Morgan fingerprint density at radius 3 is 2.76 bits per heavy atom. The summed E-state index contributed by atoms with van der Waals surface area (Å²) in [6.45, 7) is 3.85. The lowest BCUT2D eigenvalue weighted by atomic mass is 10.2. The third kappa shape index (κ3) is 4.56. The highest BCUT2D eigenvalue weighted by Gasteiger charge is 2.31. The predicted octanol–water partition coefficient (Wildman–Crippen LogP) is 3.14. The summed E-state index contributed by atoms with van der Waals surface area (Å²) in [7, 11) is 0. The third-order valence-corrected chi connectivity index (χ3v) is 6.17. The molecule has 0 amide bonds. The Kier molecular flexibility index (Phi) is 6.23. The molecule has 0 spiro atoms. The largest absolute Gasteiger partial charge is 0.573 e. The van der Waals surface area contributed by atoms with Crippen LogP contribution in [0.15, 0.2) is 47.2 Å². The average Bonchev–Trinajstić information content (AvgIpc) is 3.29. The van der Waals surface area contributed by atoms with Crippen LogP contribution in [0.1, 0.15) is 30.5 Å². The van der Waals surface area contributed by atoms with E-state index in [-0.39, 0.29) is 23.9 Å². The molecule has 0 aliphatic heterocycles. The zero-order chi connectivity index (χ0) is 24.6. The standard InChI is InChI=1S/C21H22F3N7O2S/c1-11(2)31-17-15(18-19(31)28-16(34-18)7-13(8-25)29-26)9-27-30(20(17)32)10-12-4-3-5-14(6-12)33-21(22,23)24/h3-6,8-9,11,29H,7,10,25-26H2,1-2H3. The minimum atomic E-state index is -4.80. The van der Waals surface area contributed by atoms with Gasteiger partial charge in [0.05, 0.1) is 17.4 Å². The Bertz CT molecular complexity index is 1440. The molecule has 3 aromatic heterocycles. The second kappa shape index (κ2) is 8.99. The highest BCUT2D eigenvalue weighted by atomic mass is 32.1. The van der Waals surface area contributed by atoms with Crippen LogP contribution < -0.4 is 27.3 Å². The summed E-state index contributed by atoms with van der Waals surface area (Å²) < 4.78 is 45.5. The molecule has 0 radical (unpaired) electrons. The van der Waals surface area contributed by atoms with Crippen LogP contribution in [0.4, 0.5) is 13.2 Å². The van der Waals surface area contributed by atoms with Gasteiger partial charge in [-0.1, -0.05) is 12.1 Å². The molecule has 5 N–H and O–H groups in total. The molecular weight excluding hydrogens is 471 g/mol. The van der Waals surface area contributed by atoms with Gasteiger partial charge in [0.2, 0.25) is 0 Å². The maximum atomic E-state index is 13.4. The van der Waals surface area contributed by atoms with Crippen molar-refractivity contribution in [2.45, 2.75) is 39.2 Å². The number of benzene rings is 1. The van der Waals surface area contributed by atoms with Crippen molar-refractivity contribution in [1.82, 2.24) is 24.8 Å². The van der Waals surface area contributed by atoms with Crippen molar-refractivity contribution >= 4 is 32.6 Å². The second-order valence-corrected chi connectivity index (χ2v) is 8.89. The van der Waals surface area contributed by atoms with Gasteiger partial charge in [0, 0.05) is 29.7 Å². The smallest absolute Gasteiger partial charge is 0.406 e. The van der Waals surface area contributed by atoms with Crippen molar-refractivity contribution < 1.29 is 17.9 Å². The quantitative estimate of drug-likeness (QED) is 0.267. The van der Waals surface area contributed by atoms with Gasteiger partial charge in [-0.3, -0.25) is 10.6 Å². The summed E-state index contributed by atoms with van der Waals surface area (Å²) in [6, 6.07) is 5.37. The van der Waals surface area contributed by atoms with E-state index in [4.69, 9.17) is 16.6 Å². The molecule has 0 unspecified atom stereocenters. The van der Waals surface area contributed by atoms with Crippen LogP contribution in [-0.4, -0.2) is 25.7 Å². The van der Waals surface area contributed by atoms with E-state index < -0.39 is 6.36 Å².